The fourth-order valence-electron chi connectivity index (χ4n) is 2.31. The highest BCUT2D eigenvalue weighted by atomic mass is 32.2. The summed E-state index contributed by atoms with van der Waals surface area (Å²) >= 11 is 0. The number of aromatic nitrogens is 1. The molecule has 1 aromatic carbocycles. The fourth-order valence-corrected chi connectivity index (χ4v) is 3.11. The van der Waals surface area contributed by atoms with Gasteiger partial charge < -0.3 is 19.4 Å². The van der Waals surface area contributed by atoms with Crippen LogP contribution < -0.4 is 14.8 Å². The average molecular weight is 395 g/mol. The molecule has 1 amide bonds. The molecular formula is C17H21N3O6S. The number of nitrogens with zero attached hydrogens (tertiary/aromatic N) is 1. The van der Waals surface area contributed by atoms with E-state index < -0.39 is 28.5 Å². The van der Waals surface area contributed by atoms with Gasteiger partial charge in [0.05, 0.1) is 12.8 Å². The molecule has 27 heavy (non-hydrogen) atoms. The molecule has 146 valence electrons. The predicted molar refractivity (Wildman–Crippen MR) is 98.3 cm³/mol. The molecule has 0 spiro atoms. The highest BCUT2D eigenvalue weighted by molar-refractivity contribution is 7.89. The largest absolute Gasteiger partial charge is 0.495 e. The number of rotatable bonds is 7. The molecule has 10 heteroatoms. The second-order valence-corrected chi connectivity index (χ2v) is 7.59. The highest BCUT2D eigenvalue weighted by Gasteiger charge is 2.21. The van der Waals surface area contributed by atoms with Crippen molar-refractivity contribution in [3.8, 4) is 5.75 Å². The van der Waals surface area contributed by atoms with Crippen LogP contribution in [-0.2, 0) is 26.6 Å². The first-order chi connectivity index (χ1) is 12.7. The second-order valence-electron chi connectivity index (χ2n) is 5.71. The van der Waals surface area contributed by atoms with E-state index in [4.69, 9.17) is 9.47 Å². The fraction of sp³-hybridized carbons (Fsp3) is 0.294. The smallest absolute Gasteiger partial charge is 0.355 e. The van der Waals surface area contributed by atoms with Gasteiger partial charge in [-0.05, 0) is 37.7 Å². The Labute approximate surface area is 157 Å². The minimum Gasteiger partial charge on any atom is -0.495 e. The minimum atomic E-state index is -3.69. The van der Waals surface area contributed by atoms with Crippen molar-refractivity contribution in [3.63, 3.8) is 0 Å². The zero-order valence-electron chi connectivity index (χ0n) is 15.4. The molecule has 0 aliphatic heterocycles. The van der Waals surface area contributed by atoms with Gasteiger partial charge in [-0.2, -0.15) is 0 Å². The Hall–Kier alpha value is -2.85. The molecule has 0 aliphatic carbocycles. The van der Waals surface area contributed by atoms with Crippen LogP contribution in [-0.4, -0.2) is 45.6 Å². The molecule has 0 unspecified atom stereocenters. The maximum absolute atomic E-state index is 12.2. The molecule has 0 atom stereocenters. The Morgan fingerprint density at radius 2 is 1.93 bits per heavy atom. The van der Waals surface area contributed by atoms with Crippen molar-refractivity contribution in [2.75, 3.05) is 26.1 Å². The summed E-state index contributed by atoms with van der Waals surface area (Å²) in [4.78, 5) is 24.2. The number of aryl methyl sites for hydroxylation is 2. The van der Waals surface area contributed by atoms with Gasteiger partial charge >= 0.3 is 5.97 Å². The molecule has 0 radical (unpaired) electrons. The zero-order valence-corrected chi connectivity index (χ0v) is 16.2. The third-order valence-corrected chi connectivity index (χ3v) is 5.11. The molecule has 0 saturated carbocycles. The van der Waals surface area contributed by atoms with E-state index in [1.165, 1.54) is 38.0 Å². The van der Waals surface area contributed by atoms with E-state index in [0.717, 1.165) is 5.56 Å². The van der Waals surface area contributed by atoms with Crippen molar-refractivity contribution < 1.29 is 27.5 Å². The first kappa shape index (κ1) is 20.5. The lowest BCUT2D eigenvalue weighted by atomic mass is 10.2. The molecule has 1 aromatic heterocycles. The molecule has 0 saturated heterocycles. The van der Waals surface area contributed by atoms with Crippen LogP contribution in [0.2, 0.25) is 0 Å². The average Bonchev–Trinajstić information content (AvgIpc) is 3.02. The maximum atomic E-state index is 12.2. The maximum Gasteiger partial charge on any atom is 0.355 e. The number of ether oxygens (including phenoxy) is 2. The van der Waals surface area contributed by atoms with E-state index in [2.05, 4.69) is 10.0 Å². The number of carbonyl (C=O) groups excluding carboxylic acids is 2. The van der Waals surface area contributed by atoms with E-state index in [9.17, 15) is 18.0 Å². The van der Waals surface area contributed by atoms with Crippen molar-refractivity contribution in [1.82, 2.24) is 9.29 Å². The Bertz CT molecular complexity index is 965. The molecule has 2 N–H and O–H groups in total. The zero-order chi connectivity index (χ0) is 20.2. The highest BCUT2D eigenvalue weighted by Crippen LogP contribution is 2.25. The van der Waals surface area contributed by atoms with Crippen LogP contribution in [0, 0.1) is 6.92 Å². The number of hydrogen-bond donors (Lipinski definition) is 2. The van der Waals surface area contributed by atoms with Gasteiger partial charge in [-0.25, -0.2) is 17.9 Å². The SMILES string of the molecule is CNS(=O)(=O)c1cc(C(=O)OCC(=O)Nc2cc(C)ccc2OC)n(C)c1. The van der Waals surface area contributed by atoms with Gasteiger partial charge in [-0.3, -0.25) is 4.79 Å². The van der Waals surface area contributed by atoms with Gasteiger partial charge in [0.1, 0.15) is 16.3 Å². The molecule has 1 heterocycles. The molecule has 0 fully saturated rings. The van der Waals surface area contributed by atoms with Crippen LogP contribution in [0.5, 0.6) is 5.75 Å². The van der Waals surface area contributed by atoms with Crippen LogP contribution in [0.4, 0.5) is 5.69 Å². The Kier molecular flexibility index (Phi) is 6.24. The van der Waals surface area contributed by atoms with Crippen molar-refractivity contribution >= 4 is 27.6 Å². The normalized spacial score (nSPS) is 11.1. The lowest BCUT2D eigenvalue weighted by molar-refractivity contribution is -0.119. The van der Waals surface area contributed by atoms with Gasteiger partial charge in [0, 0.05) is 13.2 Å². The molecule has 0 aliphatic rings. The van der Waals surface area contributed by atoms with Crippen LogP contribution in [0.3, 0.4) is 0 Å². The quantitative estimate of drug-likeness (QED) is 0.677. The number of amides is 1. The summed E-state index contributed by atoms with van der Waals surface area (Å²) in [6.45, 7) is 1.33. The van der Waals surface area contributed by atoms with Gasteiger partial charge in [-0.15, -0.1) is 0 Å². The number of sulfonamides is 1. The number of anilines is 1. The minimum absolute atomic E-state index is 0.00441. The lowest BCUT2D eigenvalue weighted by Gasteiger charge is -2.11. The molecular weight excluding hydrogens is 374 g/mol. The summed E-state index contributed by atoms with van der Waals surface area (Å²) in [6.07, 6.45) is 1.28. The van der Waals surface area contributed by atoms with E-state index in [-0.39, 0.29) is 10.6 Å². The summed E-state index contributed by atoms with van der Waals surface area (Å²) in [6, 6.07) is 6.45. The van der Waals surface area contributed by atoms with Crippen LogP contribution in [0.1, 0.15) is 16.1 Å². The standard InChI is InChI=1S/C17H21N3O6S/c1-11-5-6-15(25-4)13(7-11)19-16(21)10-26-17(22)14-8-12(9-20(14)3)27(23,24)18-2/h5-9,18H,10H2,1-4H3,(H,19,21). The van der Waals surface area contributed by atoms with E-state index in [1.54, 1.807) is 12.1 Å². The van der Waals surface area contributed by atoms with Gasteiger partial charge in [0.25, 0.3) is 5.91 Å². The van der Waals surface area contributed by atoms with E-state index in [0.29, 0.717) is 11.4 Å². The molecule has 2 rings (SSSR count). The summed E-state index contributed by atoms with van der Waals surface area (Å²) in [5, 5.41) is 2.61. The Balaban J connectivity index is 2.04. The third-order valence-electron chi connectivity index (χ3n) is 3.73. The van der Waals surface area contributed by atoms with E-state index in [1.807, 2.05) is 13.0 Å². The van der Waals surface area contributed by atoms with Crippen molar-refractivity contribution in [3.05, 3.63) is 41.7 Å². The number of nitrogens with one attached hydrogen (secondary N) is 2. The second kappa shape index (κ2) is 8.23. The monoisotopic (exact) mass is 395 g/mol. The van der Waals surface area contributed by atoms with Crippen LogP contribution in [0.15, 0.2) is 35.4 Å². The van der Waals surface area contributed by atoms with Gasteiger partial charge in [0.15, 0.2) is 6.61 Å². The first-order valence-corrected chi connectivity index (χ1v) is 9.37. The van der Waals surface area contributed by atoms with Crippen molar-refractivity contribution in [2.45, 2.75) is 11.8 Å². The lowest BCUT2D eigenvalue weighted by Crippen LogP contribution is -2.22. The summed E-state index contributed by atoms with van der Waals surface area (Å²) in [5.41, 5.74) is 1.38. The molecule has 2 aromatic rings. The van der Waals surface area contributed by atoms with Crippen LogP contribution in [0.25, 0.3) is 0 Å². The number of hydrogen-bond acceptors (Lipinski definition) is 6. The summed E-state index contributed by atoms with van der Waals surface area (Å²) < 4.78 is 37.2. The number of methoxy groups -OCH3 is 1. The Morgan fingerprint density at radius 1 is 1.22 bits per heavy atom. The molecule has 9 nitrogen and oxygen atoms in total. The summed E-state index contributed by atoms with van der Waals surface area (Å²) in [7, 11) is 0.561. The summed E-state index contributed by atoms with van der Waals surface area (Å²) in [5.74, 6) is -0.893. The Morgan fingerprint density at radius 3 is 2.56 bits per heavy atom. The van der Waals surface area contributed by atoms with Crippen molar-refractivity contribution in [1.29, 1.82) is 0 Å². The van der Waals surface area contributed by atoms with Gasteiger partial charge in [0.2, 0.25) is 10.0 Å². The number of carbonyl (C=O) groups is 2. The van der Waals surface area contributed by atoms with Crippen molar-refractivity contribution in [2.24, 2.45) is 7.05 Å². The predicted octanol–water partition coefficient (Wildman–Crippen LogP) is 1.05. The van der Waals surface area contributed by atoms with Crippen LogP contribution >= 0.6 is 0 Å². The molecule has 0 bridgehead atoms. The topological polar surface area (TPSA) is 116 Å². The van der Waals surface area contributed by atoms with Gasteiger partial charge in [-0.1, -0.05) is 6.07 Å². The number of benzene rings is 1. The third kappa shape index (κ3) is 4.86. The van der Waals surface area contributed by atoms with E-state index >= 15 is 0 Å². The number of esters is 1. The first-order valence-electron chi connectivity index (χ1n) is 7.89.